The molecule has 4 nitrogen and oxygen atoms in total. The highest BCUT2D eigenvalue weighted by atomic mass is 16.5. The molecule has 3 rings (SSSR count). The second-order valence-electron chi connectivity index (χ2n) is 6.99. The number of hydrogen-bond acceptors (Lipinski definition) is 4. The van der Waals surface area contributed by atoms with Crippen LogP contribution in [0.2, 0.25) is 0 Å². The summed E-state index contributed by atoms with van der Waals surface area (Å²) in [6, 6.07) is 14.1. The molecule has 2 aromatic rings. The van der Waals surface area contributed by atoms with Gasteiger partial charge in [0.2, 0.25) is 0 Å². The fraction of sp³-hybridized carbons (Fsp3) is 0.409. The third-order valence-corrected chi connectivity index (χ3v) is 5.08. The zero-order valence-corrected chi connectivity index (χ0v) is 15.8. The lowest BCUT2D eigenvalue weighted by atomic mass is 9.89. The van der Waals surface area contributed by atoms with Crippen molar-refractivity contribution in [1.29, 1.82) is 0 Å². The van der Waals surface area contributed by atoms with Gasteiger partial charge in [0.05, 0.1) is 19.8 Å². The third kappa shape index (κ3) is 4.25. The van der Waals surface area contributed by atoms with Crippen LogP contribution in [0.25, 0.3) is 0 Å². The van der Waals surface area contributed by atoms with E-state index >= 15 is 0 Å². The molecule has 1 heterocycles. The van der Waals surface area contributed by atoms with Gasteiger partial charge in [-0.15, -0.1) is 0 Å². The Morgan fingerprint density at radius 3 is 2.58 bits per heavy atom. The van der Waals surface area contributed by atoms with Crippen LogP contribution in [0.4, 0.5) is 0 Å². The first-order chi connectivity index (χ1) is 12.6. The van der Waals surface area contributed by atoms with Crippen LogP contribution in [0.5, 0.6) is 11.5 Å². The predicted octanol–water partition coefficient (Wildman–Crippen LogP) is 4.11. The summed E-state index contributed by atoms with van der Waals surface area (Å²) in [6.07, 6.45) is 1.97. The molecule has 4 heteroatoms. The van der Waals surface area contributed by atoms with Crippen LogP contribution < -0.4 is 9.47 Å². The maximum absolute atomic E-state index is 13.1. The number of aryl methyl sites for hydroxylation is 1. The van der Waals surface area contributed by atoms with Crippen LogP contribution in [0.1, 0.15) is 34.3 Å². The van der Waals surface area contributed by atoms with Crippen LogP contribution >= 0.6 is 0 Å². The van der Waals surface area contributed by atoms with Crippen molar-refractivity contribution in [3.05, 3.63) is 59.2 Å². The molecule has 1 aliphatic heterocycles. The number of rotatable bonds is 6. The van der Waals surface area contributed by atoms with Crippen molar-refractivity contribution in [2.75, 3.05) is 27.3 Å². The molecule has 1 saturated heterocycles. The Balaban J connectivity index is 1.70. The number of carbonyl (C=O) groups is 1. The Labute approximate surface area is 155 Å². The quantitative estimate of drug-likeness (QED) is 0.733. The molecule has 0 aliphatic carbocycles. The molecule has 2 aromatic carbocycles. The zero-order valence-electron chi connectivity index (χ0n) is 15.8. The maximum atomic E-state index is 13.1. The summed E-state index contributed by atoms with van der Waals surface area (Å²) in [4.78, 5) is 15.5. The standard InChI is InChI=1S/C22H27NO3/c1-16-6-8-17(9-7-16)14-23-12-4-5-18(15-23)22(24)20-11-10-19(25-2)13-21(20)26-3/h6-11,13,18H,4-5,12,14-15H2,1-3H3. The number of methoxy groups -OCH3 is 2. The molecule has 0 amide bonds. The van der Waals surface area contributed by atoms with Gasteiger partial charge in [0, 0.05) is 25.1 Å². The van der Waals surface area contributed by atoms with E-state index in [1.165, 1.54) is 11.1 Å². The highest BCUT2D eigenvalue weighted by molar-refractivity contribution is 6.00. The number of piperidine rings is 1. The second-order valence-corrected chi connectivity index (χ2v) is 6.99. The Morgan fingerprint density at radius 2 is 1.88 bits per heavy atom. The lowest BCUT2D eigenvalue weighted by Gasteiger charge is -2.32. The second kappa shape index (κ2) is 8.37. The molecule has 138 valence electrons. The summed E-state index contributed by atoms with van der Waals surface area (Å²) in [5.74, 6) is 1.46. The molecule has 0 N–H and O–H groups in total. The summed E-state index contributed by atoms with van der Waals surface area (Å²) >= 11 is 0. The molecule has 0 aromatic heterocycles. The molecule has 1 fully saturated rings. The SMILES string of the molecule is COc1ccc(C(=O)C2CCCN(Cc3ccc(C)cc3)C2)c(OC)c1. The van der Waals surface area contributed by atoms with E-state index in [0.717, 1.165) is 32.5 Å². The Kier molecular flexibility index (Phi) is 5.94. The number of Topliss-reactive ketones (excluding diaryl/α,β-unsaturated/α-hetero) is 1. The van der Waals surface area contributed by atoms with Gasteiger partial charge in [-0.05, 0) is 44.0 Å². The molecule has 0 radical (unpaired) electrons. The van der Waals surface area contributed by atoms with Crippen molar-refractivity contribution < 1.29 is 14.3 Å². The van der Waals surface area contributed by atoms with Gasteiger partial charge in [-0.2, -0.15) is 0 Å². The fourth-order valence-electron chi connectivity index (χ4n) is 3.59. The average molecular weight is 353 g/mol. The Bertz CT molecular complexity index is 754. The van der Waals surface area contributed by atoms with Crippen molar-refractivity contribution in [3.8, 4) is 11.5 Å². The monoisotopic (exact) mass is 353 g/mol. The number of benzene rings is 2. The summed E-state index contributed by atoms with van der Waals surface area (Å²) < 4.78 is 10.6. The number of likely N-dealkylation sites (tertiary alicyclic amines) is 1. The lowest BCUT2D eigenvalue weighted by Crippen LogP contribution is -2.38. The minimum Gasteiger partial charge on any atom is -0.497 e. The first-order valence-corrected chi connectivity index (χ1v) is 9.15. The van der Waals surface area contributed by atoms with E-state index in [1.807, 2.05) is 12.1 Å². The van der Waals surface area contributed by atoms with Gasteiger partial charge in [-0.25, -0.2) is 0 Å². The first-order valence-electron chi connectivity index (χ1n) is 9.15. The maximum Gasteiger partial charge on any atom is 0.170 e. The van der Waals surface area contributed by atoms with Crippen molar-refractivity contribution in [1.82, 2.24) is 4.90 Å². The van der Waals surface area contributed by atoms with E-state index in [0.29, 0.717) is 17.1 Å². The van der Waals surface area contributed by atoms with Gasteiger partial charge >= 0.3 is 0 Å². The fourth-order valence-corrected chi connectivity index (χ4v) is 3.59. The summed E-state index contributed by atoms with van der Waals surface area (Å²) in [5.41, 5.74) is 3.22. The molecule has 1 atom stereocenters. The molecule has 1 unspecified atom stereocenters. The van der Waals surface area contributed by atoms with Gasteiger partial charge < -0.3 is 9.47 Å². The van der Waals surface area contributed by atoms with E-state index in [1.54, 1.807) is 20.3 Å². The molecular weight excluding hydrogens is 326 g/mol. The van der Waals surface area contributed by atoms with Crippen LogP contribution in [0.3, 0.4) is 0 Å². The predicted molar refractivity (Wildman–Crippen MR) is 103 cm³/mol. The minimum absolute atomic E-state index is 0.0106. The third-order valence-electron chi connectivity index (χ3n) is 5.08. The smallest absolute Gasteiger partial charge is 0.170 e. The summed E-state index contributed by atoms with van der Waals surface area (Å²) in [7, 11) is 3.20. The number of carbonyl (C=O) groups excluding carboxylic acids is 1. The number of ether oxygens (including phenoxy) is 2. The van der Waals surface area contributed by atoms with E-state index in [2.05, 4.69) is 36.1 Å². The molecule has 26 heavy (non-hydrogen) atoms. The Hall–Kier alpha value is -2.33. The Morgan fingerprint density at radius 1 is 1.12 bits per heavy atom. The van der Waals surface area contributed by atoms with Crippen LogP contribution in [-0.2, 0) is 6.54 Å². The van der Waals surface area contributed by atoms with Gasteiger partial charge in [-0.1, -0.05) is 29.8 Å². The highest BCUT2D eigenvalue weighted by Crippen LogP contribution is 2.29. The molecule has 0 spiro atoms. The van der Waals surface area contributed by atoms with E-state index in [4.69, 9.17) is 9.47 Å². The highest BCUT2D eigenvalue weighted by Gasteiger charge is 2.28. The van der Waals surface area contributed by atoms with Gasteiger partial charge in [0.1, 0.15) is 11.5 Å². The van der Waals surface area contributed by atoms with Crippen molar-refractivity contribution in [2.24, 2.45) is 5.92 Å². The van der Waals surface area contributed by atoms with Gasteiger partial charge in [0.15, 0.2) is 5.78 Å². The molecule has 0 saturated carbocycles. The molecular formula is C22H27NO3. The summed E-state index contributed by atoms with van der Waals surface area (Å²) in [5, 5.41) is 0. The van der Waals surface area contributed by atoms with Gasteiger partial charge in [0.25, 0.3) is 0 Å². The average Bonchev–Trinajstić information content (AvgIpc) is 2.69. The topological polar surface area (TPSA) is 38.8 Å². The lowest BCUT2D eigenvalue weighted by molar-refractivity contribution is 0.0808. The molecule has 1 aliphatic rings. The van der Waals surface area contributed by atoms with E-state index in [9.17, 15) is 4.79 Å². The van der Waals surface area contributed by atoms with E-state index < -0.39 is 0 Å². The van der Waals surface area contributed by atoms with Crippen LogP contribution in [0, 0.1) is 12.8 Å². The van der Waals surface area contributed by atoms with Crippen molar-refractivity contribution in [3.63, 3.8) is 0 Å². The largest absolute Gasteiger partial charge is 0.497 e. The van der Waals surface area contributed by atoms with Crippen LogP contribution in [-0.4, -0.2) is 38.0 Å². The van der Waals surface area contributed by atoms with Crippen LogP contribution in [0.15, 0.2) is 42.5 Å². The van der Waals surface area contributed by atoms with Crippen molar-refractivity contribution >= 4 is 5.78 Å². The minimum atomic E-state index is 0.0106. The number of nitrogens with zero attached hydrogens (tertiary/aromatic N) is 1. The normalized spacial score (nSPS) is 17.7. The summed E-state index contributed by atoms with van der Waals surface area (Å²) in [6.45, 7) is 4.82. The van der Waals surface area contributed by atoms with E-state index in [-0.39, 0.29) is 11.7 Å². The number of ketones is 1. The number of hydrogen-bond donors (Lipinski definition) is 0. The van der Waals surface area contributed by atoms with Gasteiger partial charge in [-0.3, -0.25) is 9.69 Å². The molecule has 0 bridgehead atoms. The first kappa shape index (κ1) is 18.5. The zero-order chi connectivity index (χ0) is 18.5. The van der Waals surface area contributed by atoms with Crippen molar-refractivity contribution in [2.45, 2.75) is 26.3 Å².